The van der Waals surface area contributed by atoms with Crippen molar-refractivity contribution in [2.75, 3.05) is 13.6 Å². The number of carbonyl (C=O) groups excluding carboxylic acids is 1. The molecule has 0 aliphatic heterocycles. The molecule has 0 saturated carbocycles. The van der Waals surface area contributed by atoms with E-state index in [1.807, 2.05) is 31.2 Å². The molecule has 0 radical (unpaired) electrons. The van der Waals surface area contributed by atoms with Crippen LogP contribution in [0.4, 0.5) is 0 Å². The number of aryl methyl sites for hydroxylation is 1. The molecular formula is C13H19NO2. The second kappa shape index (κ2) is 5.66. The maximum Gasteiger partial charge on any atom is 0.226 e. The number of amides is 1. The Bertz CT molecular complexity index is 361. The third-order valence-electron chi connectivity index (χ3n) is 2.40. The fraction of sp³-hybridized carbons (Fsp3) is 0.462. The molecule has 0 saturated heterocycles. The summed E-state index contributed by atoms with van der Waals surface area (Å²) in [5, 5.41) is 9.19. The van der Waals surface area contributed by atoms with Gasteiger partial charge in [-0.05, 0) is 19.4 Å². The van der Waals surface area contributed by atoms with Crippen LogP contribution in [0.15, 0.2) is 24.3 Å². The Morgan fingerprint density at radius 2 is 2.19 bits per heavy atom. The molecular weight excluding hydrogens is 202 g/mol. The van der Waals surface area contributed by atoms with E-state index in [-0.39, 0.29) is 5.91 Å². The Balaban J connectivity index is 2.57. The molecule has 88 valence electrons. The molecule has 0 fully saturated rings. The summed E-state index contributed by atoms with van der Waals surface area (Å²) in [4.78, 5) is 13.3. The van der Waals surface area contributed by atoms with Crippen molar-refractivity contribution in [2.24, 2.45) is 0 Å². The highest BCUT2D eigenvalue weighted by Crippen LogP contribution is 2.06. The Hall–Kier alpha value is -1.35. The Kier molecular flexibility index (Phi) is 4.50. The third kappa shape index (κ3) is 4.03. The minimum atomic E-state index is -0.480. The molecule has 0 aliphatic rings. The zero-order valence-electron chi connectivity index (χ0n) is 10.1. The van der Waals surface area contributed by atoms with Crippen molar-refractivity contribution in [1.82, 2.24) is 4.90 Å². The smallest absolute Gasteiger partial charge is 0.226 e. The van der Waals surface area contributed by atoms with Crippen LogP contribution < -0.4 is 0 Å². The van der Waals surface area contributed by atoms with Crippen LogP contribution in [0.5, 0.6) is 0 Å². The number of likely N-dealkylation sites (N-methyl/N-ethyl adjacent to an activating group) is 1. The molecule has 1 rings (SSSR count). The average Bonchev–Trinajstić information content (AvgIpc) is 2.16. The molecule has 1 atom stereocenters. The minimum absolute atomic E-state index is 0.0338. The largest absolute Gasteiger partial charge is 0.392 e. The van der Waals surface area contributed by atoms with Crippen molar-refractivity contribution in [3.05, 3.63) is 35.4 Å². The average molecular weight is 221 g/mol. The van der Waals surface area contributed by atoms with Crippen molar-refractivity contribution in [3.63, 3.8) is 0 Å². The number of aliphatic hydroxyl groups excluding tert-OH is 1. The molecule has 0 spiro atoms. The minimum Gasteiger partial charge on any atom is -0.392 e. The highest BCUT2D eigenvalue weighted by atomic mass is 16.3. The van der Waals surface area contributed by atoms with Crippen LogP contribution >= 0.6 is 0 Å². The number of hydrogen-bond acceptors (Lipinski definition) is 2. The second-order valence-electron chi connectivity index (χ2n) is 4.29. The van der Waals surface area contributed by atoms with Crippen molar-refractivity contribution in [3.8, 4) is 0 Å². The van der Waals surface area contributed by atoms with Crippen LogP contribution in [0.3, 0.4) is 0 Å². The van der Waals surface area contributed by atoms with Crippen molar-refractivity contribution in [2.45, 2.75) is 26.4 Å². The van der Waals surface area contributed by atoms with Crippen molar-refractivity contribution in [1.29, 1.82) is 0 Å². The first-order chi connectivity index (χ1) is 7.49. The molecule has 3 heteroatoms. The number of rotatable bonds is 4. The lowest BCUT2D eigenvalue weighted by atomic mass is 10.1. The summed E-state index contributed by atoms with van der Waals surface area (Å²) in [6.45, 7) is 4.06. The molecule has 1 aromatic carbocycles. The molecule has 1 N–H and O–H groups in total. The first-order valence-electron chi connectivity index (χ1n) is 5.46. The highest BCUT2D eigenvalue weighted by Gasteiger charge is 2.11. The molecule has 3 nitrogen and oxygen atoms in total. The predicted molar refractivity (Wildman–Crippen MR) is 64.2 cm³/mol. The van der Waals surface area contributed by atoms with Gasteiger partial charge in [-0.3, -0.25) is 4.79 Å². The van der Waals surface area contributed by atoms with E-state index < -0.39 is 6.10 Å². The molecule has 0 aliphatic carbocycles. The van der Waals surface area contributed by atoms with Crippen LogP contribution in [-0.4, -0.2) is 35.6 Å². The number of hydrogen-bond donors (Lipinski definition) is 1. The second-order valence-corrected chi connectivity index (χ2v) is 4.29. The van der Waals surface area contributed by atoms with E-state index in [9.17, 15) is 9.90 Å². The zero-order chi connectivity index (χ0) is 12.1. The lowest BCUT2D eigenvalue weighted by Crippen LogP contribution is -2.34. The number of carbonyl (C=O) groups is 1. The number of benzene rings is 1. The van der Waals surface area contributed by atoms with Gasteiger partial charge in [-0.1, -0.05) is 29.8 Å². The number of aliphatic hydroxyl groups is 1. The van der Waals surface area contributed by atoms with Gasteiger partial charge in [0, 0.05) is 13.6 Å². The molecule has 0 bridgehead atoms. The quantitative estimate of drug-likeness (QED) is 0.834. The van der Waals surface area contributed by atoms with Crippen molar-refractivity contribution < 1.29 is 9.90 Å². The normalized spacial score (nSPS) is 12.2. The van der Waals surface area contributed by atoms with Crippen LogP contribution in [0.25, 0.3) is 0 Å². The van der Waals surface area contributed by atoms with Gasteiger partial charge in [0.25, 0.3) is 0 Å². The maximum absolute atomic E-state index is 11.8. The molecule has 1 amide bonds. The monoisotopic (exact) mass is 221 g/mol. The van der Waals surface area contributed by atoms with Crippen LogP contribution in [0, 0.1) is 6.92 Å². The SMILES string of the molecule is Cc1cccc(CC(=O)N(C)CC(C)O)c1. The van der Waals surface area contributed by atoms with Gasteiger partial charge in [-0.15, -0.1) is 0 Å². The standard InChI is InChI=1S/C13H19NO2/c1-10-5-4-6-12(7-10)8-13(16)14(3)9-11(2)15/h4-7,11,15H,8-9H2,1-3H3. The van der Waals surface area contributed by atoms with Gasteiger partial charge in [0.15, 0.2) is 0 Å². The Labute approximate surface area is 96.7 Å². The summed E-state index contributed by atoms with van der Waals surface area (Å²) in [6, 6.07) is 7.91. The third-order valence-corrected chi connectivity index (χ3v) is 2.40. The van der Waals surface area contributed by atoms with Crippen LogP contribution in [0.2, 0.25) is 0 Å². The van der Waals surface area contributed by atoms with Crippen LogP contribution in [0.1, 0.15) is 18.1 Å². The van der Waals surface area contributed by atoms with E-state index in [2.05, 4.69) is 0 Å². The summed E-state index contributed by atoms with van der Waals surface area (Å²) in [5.41, 5.74) is 2.17. The van der Waals surface area contributed by atoms with Crippen LogP contribution in [-0.2, 0) is 11.2 Å². The summed E-state index contributed by atoms with van der Waals surface area (Å²) >= 11 is 0. The predicted octanol–water partition coefficient (Wildman–Crippen LogP) is 1.38. The highest BCUT2D eigenvalue weighted by molar-refractivity contribution is 5.78. The maximum atomic E-state index is 11.8. The zero-order valence-corrected chi connectivity index (χ0v) is 10.1. The van der Waals surface area contributed by atoms with Crippen molar-refractivity contribution >= 4 is 5.91 Å². The van der Waals surface area contributed by atoms with E-state index >= 15 is 0 Å². The Morgan fingerprint density at radius 1 is 1.50 bits per heavy atom. The Morgan fingerprint density at radius 3 is 2.75 bits per heavy atom. The molecule has 0 aromatic heterocycles. The summed E-state index contributed by atoms with van der Waals surface area (Å²) < 4.78 is 0. The van der Waals surface area contributed by atoms with Gasteiger partial charge >= 0.3 is 0 Å². The summed E-state index contributed by atoms with van der Waals surface area (Å²) in [6.07, 6.45) is -0.0864. The van der Waals surface area contributed by atoms with Gasteiger partial charge in [-0.2, -0.15) is 0 Å². The lowest BCUT2D eigenvalue weighted by molar-refractivity contribution is -0.130. The molecule has 16 heavy (non-hydrogen) atoms. The molecule has 0 heterocycles. The van der Waals surface area contributed by atoms with Gasteiger partial charge in [0.2, 0.25) is 5.91 Å². The number of nitrogens with zero attached hydrogens (tertiary/aromatic N) is 1. The van der Waals surface area contributed by atoms with Gasteiger partial charge < -0.3 is 10.0 Å². The van der Waals surface area contributed by atoms with E-state index in [4.69, 9.17) is 0 Å². The van der Waals surface area contributed by atoms with E-state index in [1.54, 1.807) is 18.9 Å². The van der Waals surface area contributed by atoms with Gasteiger partial charge in [-0.25, -0.2) is 0 Å². The fourth-order valence-electron chi connectivity index (χ4n) is 1.63. The van der Waals surface area contributed by atoms with E-state index in [1.165, 1.54) is 0 Å². The summed E-state index contributed by atoms with van der Waals surface area (Å²) in [5.74, 6) is 0.0338. The van der Waals surface area contributed by atoms with E-state index in [0.717, 1.165) is 11.1 Å². The van der Waals surface area contributed by atoms with Gasteiger partial charge in [0.1, 0.15) is 0 Å². The molecule has 1 aromatic rings. The van der Waals surface area contributed by atoms with E-state index in [0.29, 0.717) is 13.0 Å². The fourth-order valence-corrected chi connectivity index (χ4v) is 1.63. The first-order valence-corrected chi connectivity index (χ1v) is 5.46. The van der Waals surface area contributed by atoms with Gasteiger partial charge in [0.05, 0.1) is 12.5 Å². The summed E-state index contributed by atoms with van der Waals surface area (Å²) in [7, 11) is 1.71. The first kappa shape index (κ1) is 12.7. The lowest BCUT2D eigenvalue weighted by Gasteiger charge is -2.18. The molecule has 1 unspecified atom stereocenters. The topological polar surface area (TPSA) is 40.5 Å².